The van der Waals surface area contributed by atoms with Crippen LogP contribution in [-0.4, -0.2) is 5.60 Å². The molecule has 0 fully saturated rings. The Balaban J connectivity index is 1.02. The minimum absolute atomic E-state index is 0.153. The molecule has 0 radical (unpaired) electrons. The first kappa shape index (κ1) is 36.4. The Hall–Kier alpha value is -4.38. The lowest BCUT2D eigenvalue weighted by molar-refractivity contribution is 0.131. The molecule has 0 atom stereocenters. The minimum Gasteiger partial charge on any atom is -0.488 e. The van der Waals surface area contributed by atoms with E-state index in [0.717, 1.165) is 17.2 Å². The van der Waals surface area contributed by atoms with Gasteiger partial charge in [-0.05, 0) is 139 Å². The molecule has 0 aliphatic heterocycles. The maximum absolute atomic E-state index is 6.21. The Bertz CT molecular complexity index is 2010. The third kappa shape index (κ3) is 9.70. The van der Waals surface area contributed by atoms with Crippen molar-refractivity contribution in [2.24, 2.45) is 0 Å². The fourth-order valence-electron chi connectivity index (χ4n) is 5.84. The highest BCUT2D eigenvalue weighted by molar-refractivity contribution is 7.99. The van der Waals surface area contributed by atoms with E-state index in [-0.39, 0.29) is 16.4 Å². The van der Waals surface area contributed by atoms with Crippen molar-refractivity contribution < 1.29 is 9.47 Å². The van der Waals surface area contributed by atoms with Gasteiger partial charge in [0.15, 0.2) is 0 Å². The largest absolute Gasteiger partial charge is 0.488 e. The van der Waals surface area contributed by atoms with Crippen molar-refractivity contribution in [1.82, 2.24) is 0 Å². The normalized spacial score (nSPS) is 12.1. The van der Waals surface area contributed by atoms with Gasteiger partial charge in [0.25, 0.3) is 0 Å². The van der Waals surface area contributed by atoms with Crippen LogP contribution >= 0.6 is 23.5 Å². The Kier molecular flexibility index (Phi) is 10.8. The molecule has 0 saturated carbocycles. The molecule has 0 aliphatic carbocycles. The highest BCUT2D eigenvalue weighted by Crippen LogP contribution is 2.36. The second kappa shape index (κ2) is 15.1. The van der Waals surface area contributed by atoms with E-state index in [9.17, 15) is 0 Å². The van der Waals surface area contributed by atoms with E-state index < -0.39 is 0 Å². The average Bonchev–Trinajstić information content (AvgIpc) is 3.09. The summed E-state index contributed by atoms with van der Waals surface area (Å²) in [5.74, 6) is 2.53. The van der Waals surface area contributed by atoms with Crippen LogP contribution in [0.15, 0.2) is 165 Å². The van der Waals surface area contributed by atoms with Crippen molar-refractivity contribution in [1.29, 1.82) is 0 Å². The van der Waals surface area contributed by atoms with Gasteiger partial charge in [-0.15, -0.1) is 0 Å². The van der Waals surface area contributed by atoms with Gasteiger partial charge in [0.2, 0.25) is 0 Å². The average molecular weight is 709 g/mol. The highest BCUT2D eigenvalue weighted by atomic mass is 32.2. The van der Waals surface area contributed by atoms with E-state index >= 15 is 0 Å². The number of rotatable bonds is 10. The van der Waals surface area contributed by atoms with Crippen LogP contribution in [0.1, 0.15) is 72.1 Å². The van der Waals surface area contributed by atoms with Crippen molar-refractivity contribution in [2.45, 2.75) is 91.4 Å². The van der Waals surface area contributed by atoms with Crippen LogP contribution in [0.4, 0.5) is 0 Å². The predicted octanol–water partition coefficient (Wildman–Crippen LogP) is 14.2. The van der Waals surface area contributed by atoms with Gasteiger partial charge in [-0.2, -0.15) is 0 Å². The van der Waals surface area contributed by atoms with Crippen LogP contribution in [0.5, 0.6) is 17.2 Å². The van der Waals surface area contributed by atoms with Gasteiger partial charge >= 0.3 is 0 Å². The number of hydrogen-bond acceptors (Lipinski definition) is 4. The van der Waals surface area contributed by atoms with Crippen molar-refractivity contribution in [2.75, 3.05) is 0 Å². The molecule has 6 rings (SSSR count). The lowest BCUT2D eigenvalue weighted by Crippen LogP contribution is -2.23. The van der Waals surface area contributed by atoms with Crippen LogP contribution < -0.4 is 9.47 Å². The van der Waals surface area contributed by atoms with Crippen molar-refractivity contribution in [3.05, 3.63) is 162 Å². The Morgan fingerprint density at radius 1 is 0.353 bits per heavy atom. The summed E-state index contributed by atoms with van der Waals surface area (Å²) in [4.78, 5) is 4.87. The molecule has 0 bridgehead atoms. The van der Waals surface area contributed by atoms with E-state index in [1.807, 2.05) is 12.1 Å². The second-order valence-electron chi connectivity index (χ2n) is 15.5. The van der Waals surface area contributed by atoms with Crippen LogP contribution in [0.2, 0.25) is 0 Å². The number of benzene rings is 6. The zero-order chi connectivity index (χ0) is 36.2. The van der Waals surface area contributed by atoms with Crippen molar-refractivity contribution in [3.63, 3.8) is 0 Å². The molecule has 4 heteroatoms. The fraction of sp³-hybridized carbons (Fsp3) is 0.234. The standard InChI is InChI=1S/C47H48O2S2/c1-45(2,3)35-17-29-43(30-18-35)50-41-25-9-33(10-26-41)34-11-27-42(28-12-34)51-44-31-23-39(24-32-44)48-38-19-13-36(14-20-38)47(7,8)37-15-21-40(22-16-37)49-46(4,5)6/h9-32H,1-8H3. The maximum atomic E-state index is 6.21. The number of ether oxygens (including phenoxy) is 2. The van der Waals surface area contributed by atoms with Crippen molar-refractivity contribution in [3.8, 4) is 28.4 Å². The lowest BCUT2D eigenvalue weighted by Gasteiger charge is -2.27. The maximum Gasteiger partial charge on any atom is 0.127 e. The van der Waals surface area contributed by atoms with Gasteiger partial charge in [-0.25, -0.2) is 0 Å². The summed E-state index contributed by atoms with van der Waals surface area (Å²) in [5.41, 5.74) is 6.06. The molecular weight excluding hydrogens is 661 g/mol. The van der Waals surface area contributed by atoms with Gasteiger partial charge in [-0.1, -0.05) is 119 Å². The topological polar surface area (TPSA) is 18.5 Å². The van der Waals surface area contributed by atoms with Crippen LogP contribution in [0.25, 0.3) is 11.1 Å². The zero-order valence-electron chi connectivity index (χ0n) is 31.0. The molecule has 0 N–H and O–H groups in total. The summed E-state index contributed by atoms with van der Waals surface area (Å²) in [6.45, 7) is 17.4. The van der Waals surface area contributed by atoms with Crippen LogP contribution in [0.3, 0.4) is 0 Å². The van der Waals surface area contributed by atoms with Gasteiger partial charge in [-0.3, -0.25) is 0 Å². The van der Waals surface area contributed by atoms with Gasteiger partial charge in [0.05, 0.1) is 0 Å². The van der Waals surface area contributed by atoms with E-state index in [1.54, 1.807) is 23.5 Å². The molecule has 0 saturated heterocycles. The van der Waals surface area contributed by atoms with Crippen LogP contribution in [-0.2, 0) is 10.8 Å². The molecule has 6 aromatic rings. The van der Waals surface area contributed by atoms with E-state index in [0.29, 0.717) is 0 Å². The summed E-state index contributed by atoms with van der Waals surface area (Å²) in [6.07, 6.45) is 0. The Morgan fingerprint density at radius 3 is 1.04 bits per heavy atom. The molecule has 2 nitrogen and oxygen atoms in total. The molecule has 0 amide bonds. The lowest BCUT2D eigenvalue weighted by atomic mass is 9.78. The first-order valence-electron chi connectivity index (χ1n) is 17.6. The summed E-state index contributed by atoms with van der Waals surface area (Å²) >= 11 is 3.55. The van der Waals surface area contributed by atoms with Gasteiger partial charge < -0.3 is 9.47 Å². The smallest absolute Gasteiger partial charge is 0.127 e. The SMILES string of the molecule is CC(C)(C)Oc1ccc(C(C)(C)c2ccc(Oc3ccc(Sc4ccc(-c5ccc(Sc6ccc(C(C)(C)C)cc6)cc5)cc4)cc3)cc2)cc1. The molecule has 0 aliphatic rings. The quantitative estimate of drug-likeness (QED) is 0.141. The summed E-state index contributed by atoms with van der Waals surface area (Å²) in [7, 11) is 0. The molecule has 51 heavy (non-hydrogen) atoms. The third-order valence-electron chi connectivity index (χ3n) is 8.87. The molecule has 0 spiro atoms. The number of hydrogen-bond donors (Lipinski definition) is 0. The van der Waals surface area contributed by atoms with Gasteiger partial charge in [0.1, 0.15) is 22.8 Å². The van der Waals surface area contributed by atoms with Crippen molar-refractivity contribution >= 4 is 23.5 Å². The first-order valence-corrected chi connectivity index (χ1v) is 19.2. The predicted molar refractivity (Wildman–Crippen MR) is 217 cm³/mol. The molecule has 0 heterocycles. The highest BCUT2D eigenvalue weighted by Gasteiger charge is 2.24. The van der Waals surface area contributed by atoms with E-state index in [4.69, 9.17) is 9.47 Å². The summed E-state index contributed by atoms with van der Waals surface area (Å²) in [6, 6.07) is 51.7. The van der Waals surface area contributed by atoms with Crippen LogP contribution in [0, 0.1) is 0 Å². The molecule has 6 aromatic carbocycles. The second-order valence-corrected chi connectivity index (χ2v) is 17.8. The zero-order valence-corrected chi connectivity index (χ0v) is 32.6. The summed E-state index contributed by atoms with van der Waals surface area (Å²) in [5, 5.41) is 0. The Labute approximate surface area is 313 Å². The van der Waals surface area contributed by atoms with E-state index in [2.05, 4.69) is 189 Å². The summed E-state index contributed by atoms with van der Waals surface area (Å²) < 4.78 is 12.2. The monoisotopic (exact) mass is 708 g/mol. The molecule has 260 valence electrons. The third-order valence-corrected chi connectivity index (χ3v) is 10.9. The molecule has 0 aromatic heterocycles. The fourth-order valence-corrected chi connectivity index (χ4v) is 7.47. The Morgan fingerprint density at radius 2 is 0.667 bits per heavy atom. The molecular formula is C47H48O2S2. The van der Waals surface area contributed by atoms with E-state index in [1.165, 1.54) is 47.4 Å². The van der Waals surface area contributed by atoms with Gasteiger partial charge in [0, 0.05) is 25.0 Å². The molecule has 0 unspecified atom stereocenters. The minimum atomic E-state index is -0.214. The first-order chi connectivity index (χ1) is 24.2.